The maximum absolute atomic E-state index is 10.4. The molecule has 0 aromatic carbocycles. The van der Waals surface area contributed by atoms with Crippen LogP contribution in [0.3, 0.4) is 0 Å². The molecule has 0 aromatic rings. The minimum atomic E-state index is -1.85. The van der Waals surface area contributed by atoms with Gasteiger partial charge in [0.2, 0.25) is 11.9 Å². The predicted octanol–water partition coefficient (Wildman–Crippen LogP) is -1.52. The Labute approximate surface area is 72.1 Å². The van der Waals surface area contributed by atoms with Gasteiger partial charge in [-0.25, -0.2) is 4.79 Å². The lowest BCUT2D eigenvalue weighted by Gasteiger charge is -2.28. The summed E-state index contributed by atoms with van der Waals surface area (Å²) in [5.74, 6) is -3.62. The van der Waals surface area contributed by atoms with Crippen molar-refractivity contribution in [1.29, 1.82) is 0 Å². The number of ether oxygens (including phenoxy) is 1. The Kier molecular flexibility index (Phi) is 2.30. The Hall–Kier alpha value is -1.47. The lowest BCUT2D eigenvalue weighted by Crippen LogP contribution is -2.48. The average Bonchev–Trinajstić information content (AvgIpc) is 2.07. The fourth-order valence-electron chi connectivity index (χ4n) is 0.901. The van der Waals surface area contributed by atoms with Crippen LogP contribution in [-0.4, -0.2) is 49.8 Å². The van der Waals surface area contributed by atoms with Crippen LogP contribution in [0.15, 0.2) is 11.7 Å². The summed E-state index contributed by atoms with van der Waals surface area (Å²) in [6, 6.07) is 0. The van der Waals surface area contributed by atoms with E-state index in [9.17, 15) is 4.79 Å². The van der Waals surface area contributed by atoms with Gasteiger partial charge in [-0.3, -0.25) is 0 Å². The standard InChI is InChI=1S/C6H8O7/c7-1-2(8)4(5(10)11)13-6(12)3(1)9/h1-2,4,7-9,12H,(H,10,11)/t1-,2-,4-/m0/s1. The van der Waals surface area contributed by atoms with E-state index in [1.54, 1.807) is 0 Å². The van der Waals surface area contributed by atoms with Crippen molar-refractivity contribution in [3.05, 3.63) is 11.7 Å². The van der Waals surface area contributed by atoms with Gasteiger partial charge in [-0.05, 0) is 0 Å². The van der Waals surface area contributed by atoms with Crippen molar-refractivity contribution in [1.82, 2.24) is 0 Å². The molecule has 13 heavy (non-hydrogen) atoms. The van der Waals surface area contributed by atoms with Crippen LogP contribution in [-0.2, 0) is 9.53 Å². The van der Waals surface area contributed by atoms with Crippen LogP contribution in [0.25, 0.3) is 0 Å². The highest BCUT2D eigenvalue weighted by Gasteiger charge is 2.42. The zero-order valence-electron chi connectivity index (χ0n) is 6.28. The first kappa shape index (κ1) is 9.62. The molecule has 74 valence electrons. The summed E-state index contributed by atoms with van der Waals surface area (Å²) in [7, 11) is 0. The molecule has 0 saturated carbocycles. The fourth-order valence-corrected chi connectivity index (χ4v) is 0.901. The van der Waals surface area contributed by atoms with Gasteiger partial charge in [0.1, 0.15) is 12.2 Å². The molecule has 1 heterocycles. The lowest BCUT2D eigenvalue weighted by molar-refractivity contribution is -0.173. The number of aliphatic hydroxyl groups excluding tert-OH is 4. The number of carbonyl (C=O) groups is 1. The summed E-state index contributed by atoms with van der Waals surface area (Å²) < 4.78 is 4.22. The monoisotopic (exact) mass is 192 g/mol. The molecule has 0 amide bonds. The molecule has 0 aliphatic carbocycles. The van der Waals surface area contributed by atoms with Crippen LogP contribution in [0.2, 0.25) is 0 Å². The number of carboxylic acids is 1. The van der Waals surface area contributed by atoms with E-state index < -0.39 is 36.0 Å². The number of aliphatic carboxylic acids is 1. The quantitative estimate of drug-likeness (QED) is 0.341. The van der Waals surface area contributed by atoms with Crippen LogP contribution in [0.4, 0.5) is 0 Å². The normalized spacial score (nSPS) is 34.2. The molecule has 0 aromatic heterocycles. The van der Waals surface area contributed by atoms with Gasteiger partial charge < -0.3 is 30.3 Å². The summed E-state index contributed by atoms with van der Waals surface area (Å²) >= 11 is 0. The van der Waals surface area contributed by atoms with E-state index in [-0.39, 0.29) is 0 Å². The number of hydrogen-bond donors (Lipinski definition) is 5. The Morgan fingerprint density at radius 3 is 2.31 bits per heavy atom. The molecule has 0 bridgehead atoms. The first-order chi connectivity index (χ1) is 5.95. The summed E-state index contributed by atoms with van der Waals surface area (Å²) in [5, 5.41) is 44.0. The second-order valence-electron chi connectivity index (χ2n) is 2.50. The Bertz CT molecular complexity index is 258. The van der Waals surface area contributed by atoms with Gasteiger partial charge >= 0.3 is 11.9 Å². The second-order valence-corrected chi connectivity index (χ2v) is 2.50. The van der Waals surface area contributed by atoms with Crippen LogP contribution in [0.5, 0.6) is 0 Å². The fraction of sp³-hybridized carbons (Fsp3) is 0.500. The van der Waals surface area contributed by atoms with Crippen molar-refractivity contribution in [3.63, 3.8) is 0 Å². The van der Waals surface area contributed by atoms with Gasteiger partial charge in [-0.2, -0.15) is 0 Å². The molecule has 0 fully saturated rings. The first-order valence-corrected chi connectivity index (χ1v) is 3.33. The first-order valence-electron chi connectivity index (χ1n) is 3.33. The van der Waals surface area contributed by atoms with Crippen molar-refractivity contribution in [2.24, 2.45) is 0 Å². The zero-order valence-corrected chi connectivity index (χ0v) is 6.28. The molecule has 0 spiro atoms. The minimum absolute atomic E-state index is 0.981. The lowest BCUT2D eigenvalue weighted by atomic mass is 10.0. The van der Waals surface area contributed by atoms with Crippen molar-refractivity contribution in [2.45, 2.75) is 18.3 Å². The van der Waals surface area contributed by atoms with Crippen molar-refractivity contribution in [3.8, 4) is 0 Å². The van der Waals surface area contributed by atoms with Crippen LogP contribution in [0.1, 0.15) is 0 Å². The largest absolute Gasteiger partial charge is 0.504 e. The number of rotatable bonds is 1. The second kappa shape index (κ2) is 3.11. The topological polar surface area (TPSA) is 127 Å². The van der Waals surface area contributed by atoms with Crippen LogP contribution < -0.4 is 0 Å². The third-order valence-corrected chi connectivity index (χ3v) is 1.61. The molecule has 1 aliphatic rings. The molecular weight excluding hydrogens is 184 g/mol. The molecule has 1 rings (SSSR count). The van der Waals surface area contributed by atoms with E-state index in [4.69, 9.17) is 25.5 Å². The van der Waals surface area contributed by atoms with Crippen LogP contribution >= 0.6 is 0 Å². The highest BCUT2D eigenvalue weighted by atomic mass is 16.6. The molecular formula is C6H8O7. The molecule has 7 heteroatoms. The highest BCUT2D eigenvalue weighted by Crippen LogP contribution is 2.21. The molecule has 7 nitrogen and oxygen atoms in total. The average molecular weight is 192 g/mol. The maximum atomic E-state index is 10.4. The van der Waals surface area contributed by atoms with Crippen molar-refractivity contribution >= 4 is 5.97 Å². The Balaban J connectivity index is 2.93. The van der Waals surface area contributed by atoms with Gasteiger partial charge in [-0.1, -0.05) is 0 Å². The molecule has 5 N–H and O–H groups in total. The van der Waals surface area contributed by atoms with Crippen molar-refractivity contribution < 1.29 is 35.1 Å². The summed E-state index contributed by atoms with van der Waals surface area (Å²) in [5.41, 5.74) is 0. The van der Waals surface area contributed by atoms with Gasteiger partial charge in [0.05, 0.1) is 0 Å². The smallest absolute Gasteiger partial charge is 0.347 e. The molecule has 1 aliphatic heterocycles. The summed E-state index contributed by atoms with van der Waals surface area (Å²) in [6.07, 6.45) is -5.45. The van der Waals surface area contributed by atoms with Gasteiger partial charge in [0, 0.05) is 0 Å². The number of aliphatic hydroxyl groups is 4. The van der Waals surface area contributed by atoms with E-state index in [2.05, 4.69) is 4.74 Å². The Morgan fingerprint density at radius 1 is 1.31 bits per heavy atom. The highest BCUT2D eigenvalue weighted by molar-refractivity contribution is 5.73. The van der Waals surface area contributed by atoms with Crippen LogP contribution in [0, 0.1) is 0 Å². The summed E-state index contributed by atoms with van der Waals surface area (Å²) in [4.78, 5) is 10.4. The minimum Gasteiger partial charge on any atom is -0.504 e. The van der Waals surface area contributed by atoms with Gasteiger partial charge in [0.15, 0.2) is 0 Å². The van der Waals surface area contributed by atoms with E-state index in [0.29, 0.717) is 0 Å². The van der Waals surface area contributed by atoms with E-state index in [0.717, 1.165) is 0 Å². The number of carboxylic acid groups (broad SMARTS) is 1. The predicted molar refractivity (Wildman–Crippen MR) is 36.8 cm³/mol. The Morgan fingerprint density at radius 2 is 1.85 bits per heavy atom. The van der Waals surface area contributed by atoms with E-state index in [1.807, 2.05) is 0 Å². The van der Waals surface area contributed by atoms with Gasteiger partial charge in [0.25, 0.3) is 0 Å². The molecule has 0 saturated heterocycles. The SMILES string of the molecule is O=C(O)[C@H]1OC(O)=C(O)[C@@H](O)[C@@H]1O. The molecule has 0 unspecified atom stereocenters. The van der Waals surface area contributed by atoms with Gasteiger partial charge in [-0.15, -0.1) is 0 Å². The zero-order chi connectivity index (χ0) is 10.2. The maximum Gasteiger partial charge on any atom is 0.347 e. The number of hydrogen-bond acceptors (Lipinski definition) is 6. The molecule has 0 radical (unpaired) electrons. The third kappa shape index (κ3) is 1.51. The third-order valence-electron chi connectivity index (χ3n) is 1.61. The summed E-state index contributed by atoms with van der Waals surface area (Å²) in [6.45, 7) is 0. The van der Waals surface area contributed by atoms with E-state index >= 15 is 0 Å². The van der Waals surface area contributed by atoms with E-state index in [1.165, 1.54) is 0 Å². The van der Waals surface area contributed by atoms with Crippen molar-refractivity contribution in [2.75, 3.05) is 0 Å². The molecule has 3 atom stereocenters.